The van der Waals surface area contributed by atoms with Crippen LogP contribution in [0.1, 0.15) is 36.8 Å². The highest BCUT2D eigenvalue weighted by molar-refractivity contribution is 7.89. The molecule has 1 atom stereocenters. The summed E-state index contributed by atoms with van der Waals surface area (Å²) in [4.78, 5) is 28.1. The molecular formula is C26H30N4O4S. The average molecular weight is 495 g/mol. The molecule has 1 N–H and O–H groups in total. The van der Waals surface area contributed by atoms with E-state index in [1.807, 2.05) is 41.3 Å². The van der Waals surface area contributed by atoms with Crippen molar-refractivity contribution in [2.45, 2.75) is 43.0 Å². The Balaban J connectivity index is 1.41. The van der Waals surface area contributed by atoms with Crippen molar-refractivity contribution in [1.29, 1.82) is 5.26 Å². The van der Waals surface area contributed by atoms with Crippen molar-refractivity contribution in [3.05, 3.63) is 65.7 Å². The smallest absolute Gasteiger partial charge is 0.245 e. The Morgan fingerprint density at radius 2 is 1.60 bits per heavy atom. The van der Waals surface area contributed by atoms with E-state index in [1.54, 1.807) is 12.1 Å². The molecule has 2 saturated heterocycles. The molecule has 2 aromatic carbocycles. The number of amides is 2. The minimum atomic E-state index is -3.82. The van der Waals surface area contributed by atoms with E-state index in [2.05, 4.69) is 5.32 Å². The molecule has 0 radical (unpaired) electrons. The molecule has 2 amide bonds. The van der Waals surface area contributed by atoms with Crippen LogP contribution in [0.15, 0.2) is 59.5 Å². The van der Waals surface area contributed by atoms with Gasteiger partial charge in [-0.1, -0.05) is 42.5 Å². The number of carbonyl (C=O) groups is 2. The molecule has 0 aromatic heterocycles. The lowest BCUT2D eigenvalue weighted by Gasteiger charge is -2.32. The summed E-state index contributed by atoms with van der Waals surface area (Å²) in [6.45, 7) is 1.79. The number of carbonyl (C=O) groups excluding carboxylic acids is 2. The number of likely N-dealkylation sites (tertiary alicyclic amines) is 1. The number of benzene rings is 2. The third kappa shape index (κ3) is 5.72. The quantitative estimate of drug-likeness (QED) is 0.635. The predicted octanol–water partition coefficient (Wildman–Crippen LogP) is 2.31. The van der Waals surface area contributed by atoms with Gasteiger partial charge in [-0.2, -0.15) is 9.57 Å². The van der Waals surface area contributed by atoms with Gasteiger partial charge in [0.15, 0.2) is 0 Å². The summed E-state index contributed by atoms with van der Waals surface area (Å²) in [6.07, 6.45) is 3.07. The van der Waals surface area contributed by atoms with Crippen LogP contribution in [0.3, 0.4) is 0 Å². The Kier molecular flexibility index (Phi) is 7.83. The van der Waals surface area contributed by atoms with Gasteiger partial charge in [-0.15, -0.1) is 0 Å². The summed E-state index contributed by atoms with van der Waals surface area (Å²) >= 11 is 0. The molecule has 0 spiro atoms. The van der Waals surface area contributed by atoms with Gasteiger partial charge in [0.1, 0.15) is 12.1 Å². The largest absolute Gasteiger partial charge is 0.344 e. The van der Waals surface area contributed by atoms with Crippen LogP contribution in [0, 0.1) is 17.2 Å². The van der Waals surface area contributed by atoms with Crippen molar-refractivity contribution in [2.75, 3.05) is 26.2 Å². The second-order valence-corrected chi connectivity index (χ2v) is 11.0. The molecule has 8 nitrogen and oxygen atoms in total. The van der Waals surface area contributed by atoms with Crippen LogP contribution in [0.4, 0.5) is 0 Å². The van der Waals surface area contributed by atoms with E-state index in [1.165, 1.54) is 16.4 Å². The van der Waals surface area contributed by atoms with Crippen molar-refractivity contribution >= 4 is 21.8 Å². The van der Waals surface area contributed by atoms with Crippen LogP contribution in [0.2, 0.25) is 0 Å². The molecule has 0 bridgehead atoms. The Bertz CT molecular complexity index is 1200. The first-order valence-corrected chi connectivity index (χ1v) is 13.5. The van der Waals surface area contributed by atoms with E-state index in [0.717, 1.165) is 18.4 Å². The maximum absolute atomic E-state index is 13.2. The topological polar surface area (TPSA) is 111 Å². The number of sulfonamides is 1. The number of hydrogen-bond donors (Lipinski definition) is 1. The van der Waals surface area contributed by atoms with Crippen molar-refractivity contribution in [2.24, 2.45) is 5.92 Å². The first kappa shape index (κ1) is 24.9. The first-order valence-electron chi connectivity index (χ1n) is 12.0. The molecule has 184 valence electrons. The van der Waals surface area contributed by atoms with E-state index in [9.17, 15) is 23.3 Å². The second kappa shape index (κ2) is 11.0. The van der Waals surface area contributed by atoms with Crippen molar-refractivity contribution < 1.29 is 18.0 Å². The molecule has 2 fully saturated rings. The van der Waals surface area contributed by atoms with Crippen molar-refractivity contribution in [3.63, 3.8) is 0 Å². The normalized spacial score (nSPS) is 18.1. The Labute approximate surface area is 206 Å². The summed E-state index contributed by atoms with van der Waals surface area (Å²) in [5, 5.41) is 12.3. The molecule has 2 aliphatic heterocycles. The number of rotatable bonds is 7. The zero-order valence-electron chi connectivity index (χ0n) is 19.6. The molecule has 0 saturated carbocycles. The van der Waals surface area contributed by atoms with Gasteiger partial charge in [-0.05, 0) is 43.4 Å². The van der Waals surface area contributed by atoms with Gasteiger partial charge in [0.25, 0.3) is 0 Å². The number of nitrogens with one attached hydrogen (secondary N) is 1. The third-order valence-corrected chi connectivity index (χ3v) is 8.72. The van der Waals surface area contributed by atoms with E-state index in [4.69, 9.17) is 0 Å². The van der Waals surface area contributed by atoms with Gasteiger partial charge in [0, 0.05) is 38.5 Å². The van der Waals surface area contributed by atoms with E-state index in [0.29, 0.717) is 32.4 Å². The SMILES string of the molecule is N#Cc1ccccc1S(=O)(=O)N1CCC(C(=O)NC(Cc2ccccc2)C(=O)N2CCCC2)CC1. The fourth-order valence-corrected chi connectivity index (χ4v) is 6.39. The van der Waals surface area contributed by atoms with Crippen LogP contribution in [-0.2, 0) is 26.0 Å². The average Bonchev–Trinajstić information content (AvgIpc) is 3.43. The zero-order chi connectivity index (χ0) is 24.8. The van der Waals surface area contributed by atoms with Crippen LogP contribution in [-0.4, -0.2) is 61.7 Å². The maximum atomic E-state index is 13.2. The minimum absolute atomic E-state index is 0.00969. The summed E-state index contributed by atoms with van der Waals surface area (Å²) in [5.41, 5.74) is 1.08. The molecule has 35 heavy (non-hydrogen) atoms. The standard InChI is InChI=1S/C26H30N4O4S/c27-19-22-10-4-5-11-24(22)35(33,34)30-16-12-21(13-17-30)25(31)28-23(18-20-8-2-1-3-9-20)26(32)29-14-6-7-15-29/h1-5,8-11,21,23H,6-7,12-18H2,(H,28,31). The maximum Gasteiger partial charge on any atom is 0.245 e. The fourth-order valence-electron chi connectivity index (χ4n) is 4.78. The van der Waals surface area contributed by atoms with Gasteiger partial charge in [0.05, 0.1) is 10.5 Å². The summed E-state index contributed by atoms with van der Waals surface area (Å²) in [5.74, 6) is -0.655. The third-order valence-electron chi connectivity index (χ3n) is 6.77. The fraction of sp³-hybridized carbons (Fsp3) is 0.423. The Morgan fingerprint density at radius 3 is 2.26 bits per heavy atom. The Hall–Kier alpha value is -3.22. The van der Waals surface area contributed by atoms with Crippen LogP contribution < -0.4 is 5.32 Å². The molecule has 4 rings (SSSR count). The molecule has 9 heteroatoms. The number of nitriles is 1. The number of nitrogens with zero attached hydrogens (tertiary/aromatic N) is 3. The summed E-state index contributed by atoms with van der Waals surface area (Å²) < 4.78 is 27.5. The lowest BCUT2D eigenvalue weighted by atomic mass is 9.96. The zero-order valence-corrected chi connectivity index (χ0v) is 20.4. The highest BCUT2D eigenvalue weighted by atomic mass is 32.2. The lowest BCUT2D eigenvalue weighted by Crippen LogP contribution is -2.51. The van der Waals surface area contributed by atoms with E-state index in [-0.39, 0.29) is 41.3 Å². The van der Waals surface area contributed by atoms with Gasteiger partial charge in [-0.25, -0.2) is 8.42 Å². The van der Waals surface area contributed by atoms with Crippen LogP contribution >= 0.6 is 0 Å². The molecule has 0 aliphatic carbocycles. The monoisotopic (exact) mass is 494 g/mol. The van der Waals surface area contributed by atoms with Gasteiger partial charge >= 0.3 is 0 Å². The molecule has 2 heterocycles. The highest BCUT2D eigenvalue weighted by Crippen LogP contribution is 2.26. The highest BCUT2D eigenvalue weighted by Gasteiger charge is 2.35. The Morgan fingerprint density at radius 1 is 0.971 bits per heavy atom. The van der Waals surface area contributed by atoms with E-state index < -0.39 is 16.1 Å². The lowest BCUT2D eigenvalue weighted by molar-refractivity contribution is -0.137. The van der Waals surface area contributed by atoms with Crippen LogP contribution in [0.25, 0.3) is 0 Å². The number of piperidine rings is 1. The predicted molar refractivity (Wildman–Crippen MR) is 131 cm³/mol. The van der Waals surface area contributed by atoms with Gasteiger partial charge < -0.3 is 10.2 Å². The van der Waals surface area contributed by atoms with Gasteiger partial charge in [0.2, 0.25) is 21.8 Å². The molecular weight excluding hydrogens is 464 g/mol. The van der Waals surface area contributed by atoms with Crippen molar-refractivity contribution in [1.82, 2.24) is 14.5 Å². The minimum Gasteiger partial charge on any atom is -0.344 e. The summed E-state index contributed by atoms with van der Waals surface area (Å²) in [7, 11) is -3.82. The molecule has 2 aliphatic rings. The second-order valence-electron chi connectivity index (χ2n) is 9.07. The number of hydrogen-bond acceptors (Lipinski definition) is 5. The molecule has 1 unspecified atom stereocenters. The first-order chi connectivity index (χ1) is 16.9. The van der Waals surface area contributed by atoms with E-state index >= 15 is 0 Å². The van der Waals surface area contributed by atoms with Crippen molar-refractivity contribution in [3.8, 4) is 6.07 Å². The molecule has 2 aromatic rings. The van der Waals surface area contributed by atoms with Crippen LogP contribution in [0.5, 0.6) is 0 Å². The summed E-state index contributed by atoms with van der Waals surface area (Å²) in [6, 6.07) is 17.1. The van der Waals surface area contributed by atoms with Gasteiger partial charge in [-0.3, -0.25) is 9.59 Å².